The van der Waals surface area contributed by atoms with E-state index in [2.05, 4.69) is 5.32 Å². The summed E-state index contributed by atoms with van der Waals surface area (Å²) in [4.78, 5) is 35.4. The molecular formula is C19H16N2O5. The highest BCUT2D eigenvalue weighted by Crippen LogP contribution is 2.13. The summed E-state index contributed by atoms with van der Waals surface area (Å²) < 4.78 is 10.2. The van der Waals surface area contributed by atoms with Gasteiger partial charge in [-0.2, -0.15) is 5.26 Å². The fourth-order valence-electron chi connectivity index (χ4n) is 1.94. The molecule has 0 aliphatic rings. The molecule has 7 heteroatoms. The summed E-state index contributed by atoms with van der Waals surface area (Å²) in [6.45, 7) is 0.867. The number of hydrogen-bond acceptors (Lipinski definition) is 6. The smallest absolute Gasteiger partial charge is 0.347 e. The van der Waals surface area contributed by atoms with Crippen LogP contribution in [0.15, 0.2) is 54.6 Å². The van der Waals surface area contributed by atoms with Crippen LogP contribution in [0.5, 0.6) is 5.75 Å². The number of rotatable bonds is 6. The molecule has 7 nitrogen and oxygen atoms in total. The van der Waals surface area contributed by atoms with E-state index in [1.165, 1.54) is 6.92 Å². The van der Waals surface area contributed by atoms with Gasteiger partial charge in [0.1, 0.15) is 5.75 Å². The molecule has 1 N–H and O–H groups in total. The standard InChI is InChI=1S/C19H16N2O5/c1-13(26-16-9-7-14(11-20)8-10-16)19(24)25-12-17(22)21-18(23)15-5-3-2-4-6-15/h2-10,13H,12H2,1H3,(H,21,22,23)/t13-/m0/s1. The Morgan fingerprint density at radius 1 is 1.08 bits per heavy atom. The van der Waals surface area contributed by atoms with Crippen LogP contribution in [0.3, 0.4) is 0 Å². The number of nitrogens with zero attached hydrogens (tertiary/aromatic N) is 1. The van der Waals surface area contributed by atoms with Crippen LogP contribution in [0, 0.1) is 11.3 Å². The monoisotopic (exact) mass is 352 g/mol. The van der Waals surface area contributed by atoms with Gasteiger partial charge in [-0.05, 0) is 43.3 Å². The Morgan fingerprint density at radius 3 is 2.35 bits per heavy atom. The second kappa shape index (κ2) is 8.99. The number of benzene rings is 2. The first-order valence-corrected chi connectivity index (χ1v) is 7.72. The van der Waals surface area contributed by atoms with Crippen molar-refractivity contribution in [2.75, 3.05) is 6.61 Å². The lowest BCUT2D eigenvalue weighted by atomic mass is 10.2. The Bertz CT molecular complexity index is 825. The quantitative estimate of drug-likeness (QED) is 0.795. The molecule has 2 aromatic rings. The fraction of sp³-hybridized carbons (Fsp3) is 0.158. The lowest BCUT2D eigenvalue weighted by Crippen LogP contribution is -2.36. The van der Waals surface area contributed by atoms with Crippen molar-refractivity contribution in [1.82, 2.24) is 5.32 Å². The van der Waals surface area contributed by atoms with Gasteiger partial charge in [0, 0.05) is 5.56 Å². The number of hydrogen-bond donors (Lipinski definition) is 1. The number of imide groups is 1. The first-order chi connectivity index (χ1) is 12.5. The number of amides is 2. The number of ether oxygens (including phenoxy) is 2. The predicted molar refractivity (Wildman–Crippen MR) is 91.1 cm³/mol. The van der Waals surface area contributed by atoms with E-state index in [1.807, 2.05) is 6.07 Å². The summed E-state index contributed by atoms with van der Waals surface area (Å²) in [6, 6.07) is 16.4. The zero-order valence-electron chi connectivity index (χ0n) is 14.0. The summed E-state index contributed by atoms with van der Waals surface area (Å²) in [5.41, 5.74) is 0.789. The predicted octanol–water partition coefficient (Wildman–Crippen LogP) is 1.83. The molecule has 0 unspecified atom stereocenters. The van der Waals surface area contributed by atoms with Gasteiger partial charge in [0.2, 0.25) is 0 Å². The maximum absolute atomic E-state index is 11.9. The van der Waals surface area contributed by atoms with E-state index >= 15 is 0 Å². The highest BCUT2D eigenvalue weighted by molar-refractivity contribution is 6.05. The van der Waals surface area contributed by atoms with E-state index in [4.69, 9.17) is 14.7 Å². The Balaban J connectivity index is 1.78. The average molecular weight is 352 g/mol. The molecule has 0 saturated carbocycles. The first-order valence-electron chi connectivity index (χ1n) is 7.72. The van der Waals surface area contributed by atoms with Gasteiger partial charge in [0.05, 0.1) is 11.6 Å². The van der Waals surface area contributed by atoms with Crippen LogP contribution in [-0.2, 0) is 14.3 Å². The highest BCUT2D eigenvalue weighted by atomic mass is 16.6. The van der Waals surface area contributed by atoms with Crippen LogP contribution in [0.2, 0.25) is 0 Å². The van der Waals surface area contributed by atoms with Crippen LogP contribution >= 0.6 is 0 Å². The molecule has 0 aliphatic carbocycles. The van der Waals surface area contributed by atoms with E-state index in [0.29, 0.717) is 16.9 Å². The molecule has 132 valence electrons. The number of nitrogens with one attached hydrogen (secondary N) is 1. The minimum atomic E-state index is -0.958. The Kier molecular flexibility index (Phi) is 6.46. The average Bonchev–Trinajstić information content (AvgIpc) is 2.67. The third-order valence-electron chi connectivity index (χ3n) is 3.26. The molecule has 0 bridgehead atoms. The molecule has 2 rings (SSSR count). The normalized spacial score (nSPS) is 10.9. The molecule has 2 amide bonds. The van der Waals surface area contributed by atoms with Crippen molar-refractivity contribution in [2.45, 2.75) is 13.0 Å². The molecule has 0 spiro atoms. The van der Waals surface area contributed by atoms with Crippen LogP contribution in [0.25, 0.3) is 0 Å². The van der Waals surface area contributed by atoms with E-state index in [-0.39, 0.29) is 0 Å². The van der Waals surface area contributed by atoms with Crippen LogP contribution in [-0.4, -0.2) is 30.5 Å². The SMILES string of the molecule is C[C@H](Oc1ccc(C#N)cc1)C(=O)OCC(=O)NC(=O)c1ccccc1. The Morgan fingerprint density at radius 2 is 1.73 bits per heavy atom. The van der Waals surface area contributed by atoms with Crippen molar-refractivity contribution >= 4 is 17.8 Å². The van der Waals surface area contributed by atoms with Crippen LogP contribution in [0.1, 0.15) is 22.8 Å². The third-order valence-corrected chi connectivity index (χ3v) is 3.26. The maximum atomic E-state index is 11.9. The molecule has 0 aliphatic heterocycles. The van der Waals surface area contributed by atoms with Gasteiger partial charge in [-0.15, -0.1) is 0 Å². The molecule has 0 fully saturated rings. The van der Waals surface area contributed by atoms with E-state index < -0.39 is 30.5 Å². The minimum Gasteiger partial charge on any atom is -0.479 e. The maximum Gasteiger partial charge on any atom is 0.347 e. The molecule has 0 heterocycles. The van der Waals surface area contributed by atoms with Gasteiger partial charge >= 0.3 is 5.97 Å². The van der Waals surface area contributed by atoms with Gasteiger partial charge in [-0.1, -0.05) is 18.2 Å². The lowest BCUT2D eigenvalue weighted by Gasteiger charge is -2.13. The van der Waals surface area contributed by atoms with Crippen molar-refractivity contribution in [2.24, 2.45) is 0 Å². The van der Waals surface area contributed by atoms with E-state index in [0.717, 1.165) is 0 Å². The topological polar surface area (TPSA) is 105 Å². The molecule has 1 atom stereocenters. The first kappa shape index (κ1) is 18.7. The molecule has 2 aromatic carbocycles. The Labute approximate surface area is 150 Å². The van der Waals surface area contributed by atoms with Gasteiger partial charge in [-0.25, -0.2) is 4.79 Å². The summed E-state index contributed by atoms with van der Waals surface area (Å²) in [5, 5.41) is 10.9. The second-order valence-corrected chi connectivity index (χ2v) is 5.25. The number of carbonyl (C=O) groups is 3. The number of esters is 1. The molecule has 26 heavy (non-hydrogen) atoms. The van der Waals surface area contributed by atoms with Crippen molar-refractivity contribution in [3.8, 4) is 11.8 Å². The summed E-state index contributed by atoms with van der Waals surface area (Å²) in [6.07, 6.45) is -0.958. The zero-order chi connectivity index (χ0) is 18.9. The molecule has 0 radical (unpaired) electrons. The highest BCUT2D eigenvalue weighted by Gasteiger charge is 2.19. The van der Waals surface area contributed by atoms with Gasteiger partial charge < -0.3 is 9.47 Å². The molecule has 0 saturated heterocycles. The third kappa shape index (κ3) is 5.46. The fourth-order valence-corrected chi connectivity index (χ4v) is 1.94. The number of carbonyl (C=O) groups excluding carboxylic acids is 3. The van der Waals surface area contributed by atoms with Crippen molar-refractivity contribution in [1.29, 1.82) is 5.26 Å². The Hall–Kier alpha value is -3.66. The van der Waals surface area contributed by atoms with Crippen LogP contribution in [0.4, 0.5) is 0 Å². The van der Waals surface area contributed by atoms with Crippen molar-refractivity contribution in [3.05, 3.63) is 65.7 Å². The van der Waals surface area contributed by atoms with E-state index in [9.17, 15) is 14.4 Å². The molecular weight excluding hydrogens is 336 g/mol. The van der Waals surface area contributed by atoms with Gasteiger partial charge in [0.25, 0.3) is 11.8 Å². The number of nitriles is 1. The van der Waals surface area contributed by atoms with E-state index in [1.54, 1.807) is 54.6 Å². The molecule has 0 aromatic heterocycles. The van der Waals surface area contributed by atoms with Crippen LogP contribution < -0.4 is 10.1 Å². The summed E-state index contributed by atoms with van der Waals surface area (Å²) >= 11 is 0. The van der Waals surface area contributed by atoms with Gasteiger partial charge in [-0.3, -0.25) is 14.9 Å². The van der Waals surface area contributed by atoms with Gasteiger partial charge in [0.15, 0.2) is 12.7 Å². The summed E-state index contributed by atoms with van der Waals surface area (Å²) in [5.74, 6) is -1.68. The van der Waals surface area contributed by atoms with Crippen molar-refractivity contribution in [3.63, 3.8) is 0 Å². The second-order valence-electron chi connectivity index (χ2n) is 5.25. The lowest BCUT2D eigenvalue weighted by molar-refractivity contribution is -0.154. The minimum absolute atomic E-state index is 0.324. The van der Waals surface area contributed by atoms with Crippen molar-refractivity contribution < 1.29 is 23.9 Å². The summed E-state index contributed by atoms with van der Waals surface area (Å²) in [7, 11) is 0. The zero-order valence-corrected chi connectivity index (χ0v) is 14.0. The largest absolute Gasteiger partial charge is 0.479 e.